The van der Waals surface area contributed by atoms with Crippen molar-refractivity contribution < 1.29 is 13.7 Å². The molecule has 0 radical (unpaired) electrons. The minimum Gasteiger partial charge on any atom is -0.383 e. The molecule has 1 fully saturated rings. The van der Waals surface area contributed by atoms with Crippen molar-refractivity contribution in [2.45, 2.75) is 45.6 Å². The summed E-state index contributed by atoms with van der Waals surface area (Å²) in [6.45, 7) is 5.76. The number of rotatable bonds is 7. The molecule has 5 nitrogen and oxygen atoms in total. The number of amides is 1. The van der Waals surface area contributed by atoms with Crippen molar-refractivity contribution in [2.24, 2.45) is 0 Å². The summed E-state index contributed by atoms with van der Waals surface area (Å²) in [7, 11) is 0. The molecule has 1 aromatic heterocycles. The van der Waals surface area contributed by atoms with Crippen LogP contribution in [0.4, 0.5) is 10.1 Å². The van der Waals surface area contributed by atoms with Gasteiger partial charge in [-0.15, -0.1) is 0 Å². The highest BCUT2D eigenvalue weighted by Crippen LogP contribution is 2.26. The SMILES string of the molecule is Cc1cccc(C)c1NC[C@@H]1CCCN1C(=O)CCc1cnoc1-c1ccc(F)cc1. The number of benzene rings is 2. The summed E-state index contributed by atoms with van der Waals surface area (Å²) >= 11 is 0. The van der Waals surface area contributed by atoms with Crippen molar-refractivity contribution in [2.75, 3.05) is 18.4 Å². The fourth-order valence-corrected chi connectivity index (χ4v) is 4.35. The molecule has 0 unspecified atom stereocenters. The van der Waals surface area contributed by atoms with Gasteiger partial charge in [-0.2, -0.15) is 0 Å². The molecule has 0 spiro atoms. The molecule has 0 bridgehead atoms. The molecule has 1 aliphatic rings. The van der Waals surface area contributed by atoms with Crippen LogP contribution in [0.1, 0.15) is 36.0 Å². The van der Waals surface area contributed by atoms with E-state index in [9.17, 15) is 9.18 Å². The summed E-state index contributed by atoms with van der Waals surface area (Å²) in [6.07, 6.45) is 4.63. The van der Waals surface area contributed by atoms with Crippen LogP contribution < -0.4 is 5.32 Å². The Bertz CT molecular complexity index is 1020. The fraction of sp³-hybridized carbons (Fsp3) is 0.360. The normalized spacial score (nSPS) is 16.0. The number of hydrogen-bond acceptors (Lipinski definition) is 4. The maximum atomic E-state index is 13.2. The van der Waals surface area contributed by atoms with E-state index in [0.29, 0.717) is 18.6 Å². The number of likely N-dealkylation sites (tertiary alicyclic amines) is 1. The Hall–Kier alpha value is -3.15. The number of aromatic nitrogens is 1. The lowest BCUT2D eigenvalue weighted by Gasteiger charge is -2.26. The molecular weight excluding hydrogens is 393 g/mol. The third kappa shape index (κ3) is 4.79. The maximum absolute atomic E-state index is 13.2. The fourth-order valence-electron chi connectivity index (χ4n) is 4.35. The zero-order valence-electron chi connectivity index (χ0n) is 18.0. The van der Waals surface area contributed by atoms with Crippen LogP contribution in [-0.2, 0) is 11.2 Å². The van der Waals surface area contributed by atoms with Gasteiger partial charge < -0.3 is 14.7 Å². The van der Waals surface area contributed by atoms with Gasteiger partial charge in [0.2, 0.25) is 5.91 Å². The molecule has 3 aromatic rings. The van der Waals surface area contributed by atoms with Gasteiger partial charge in [0.05, 0.1) is 6.20 Å². The Morgan fingerprint density at radius 2 is 1.94 bits per heavy atom. The van der Waals surface area contributed by atoms with Gasteiger partial charge >= 0.3 is 0 Å². The van der Waals surface area contributed by atoms with Gasteiger partial charge in [-0.25, -0.2) is 4.39 Å². The van der Waals surface area contributed by atoms with Gasteiger partial charge in [0.25, 0.3) is 0 Å². The Labute approximate surface area is 182 Å². The summed E-state index contributed by atoms with van der Waals surface area (Å²) in [5.41, 5.74) is 5.23. The van der Waals surface area contributed by atoms with Crippen molar-refractivity contribution in [1.29, 1.82) is 0 Å². The average molecular weight is 422 g/mol. The molecule has 1 N–H and O–H groups in total. The summed E-state index contributed by atoms with van der Waals surface area (Å²) in [4.78, 5) is 15.0. The third-order valence-corrected chi connectivity index (χ3v) is 6.05. The van der Waals surface area contributed by atoms with E-state index in [2.05, 4.69) is 42.5 Å². The zero-order chi connectivity index (χ0) is 21.8. The molecule has 1 saturated heterocycles. The van der Waals surface area contributed by atoms with Crippen LogP contribution in [0.25, 0.3) is 11.3 Å². The van der Waals surface area contributed by atoms with E-state index < -0.39 is 0 Å². The van der Waals surface area contributed by atoms with Gasteiger partial charge in [0.1, 0.15) is 5.82 Å². The van der Waals surface area contributed by atoms with E-state index in [-0.39, 0.29) is 17.8 Å². The van der Waals surface area contributed by atoms with Crippen molar-refractivity contribution in [3.63, 3.8) is 0 Å². The van der Waals surface area contributed by atoms with Gasteiger partial charge in [-0.1, -0.05) is 23.4 Å². The Balaban J connectivity index is 1.36. The summed E-state index contributed by atoms with van der Waals surface area (Å²) in [6, 6.07) is 12.6. The second-order valence-corrected chi connectivity index (χ2v) is 8.22. The van der Waals surface area contributed by atoms with Gasteiger partial charge in [0.15, 0.2) is 5.76 Å². The lowest BCUT2D eigenvalue weighted by molar-refractivity contribution is -0.131. The van der Waals surface area contributed by atoms with Crippen LogP contribution in [0.3, 0.4) is 0 Å². The Morgan fingerprint density at radius 1 is 1.19 bits per heavy atom. The van der Waals surface area contributed by atoms with E-state index in [4.69, 9.17) is 4.52 Å². The smallest absolute Gasteiger partial charge is 0.223 e. The molecule has 6 heteroatoms. The van der Waals surface area contributed by atoms with Crippen molar-refractivity contribution in [3.8, 4) is 11.3 Å². The molecule has 1 aliphatic heterocycles. The monoisotopic (exact) mass is 421 g/mol. The first-order chi connectivity index (χ1) is 15.0. The standard InChI is InChI=1S/C25H28FN3O2/c1-17-5-3-6-18(2)24(17)27-16-22-7-4-14-29(22)23(30)13-10-20-15-28-31-25(20)19-8-11-21(26)12-9-19/h3,5-6,8-9,11-12,15,22,27H,4,7,10,13-14,16H2,1-2H3/t22-/m0/s1. The number of para-hydroxylation sites is 1. The first-order valence-electron chi connectivity index (χ1n) is 10.8. The lowest BCUT2D eigenvalue weighted by atomic mass is 10.0. The van der Waals surface area contributed by atoms with Crippen molar-refractivity contribution in [3.05, 3.63) is 71.2 Å². The molecule has 162 valence electrons. The first kappa shape index (κ1) is 21.1. The molecule has 4 rings (SSSR count). The predicted molar refractivity (Wildman–Crippen MR) is 119 cm³/mol. The molecule has 0 saturated carbocycles. The summed E-state index contributed by atoms with van der Waals surface area (Å²) < 4.78 is 18.6. The third-order valence-electron chi connectivity index (χ3n) is 6.05. The number of halogens is 1. The number of anilines is 1. The van der Waals surface area contributed by atoms with Crippen molar-refractivity contribution >= 4 is 11.6 Å². The van der Waals surface area contributed by atoms with Crippen LogP contribution >= 0.6 is 0 Å². The molecule has 1 atom stereocenters. The number of nitrogens with one attached hydrogen (secondary N) is 1. The quantitative estimate of drug-likeness (QED) is 0.574. The minimum atomic E-state index is -0.297. The number of carbonyl (C=O) groups is 1. The molecular formula is C25H28FN3O2. The second-order valence-electron chi connectivity index (χ2n) is 8.22. The van der Waals surface area contributed by atoms with Gasteiger partial charge in [0, 0.05) is 42.4 Å². The number of hydrogen-bond donors (Lipinski definition) is 1. The largest absolute Gasteiger partial charge is 0.383 e. The van der Waals surface area contributed by atoms with Crippen molar-refractivity contribution in [1.82, 2.24) is 10.1 Å². The van der Waals surface area contributed by atoms with E-state index in [1.54, 1.807) is 18.3 Å². The van der Waals surface area contributed by atoms with Crippen LogP contribution in [0.15, 0.2) is 53.2 Å². The predicted octanol–water partition coefficient (Wildman–Crippen LogP) is 5.13. The average Bonchev–Trinajstić information content (AvgIpc) is 3.42. The summed E-state index contributed by atoms with van der Waals surface area (Å²) in [5.74, 6) is 0.453. The Morgan fingerprint density at radius 3 is 2.68 bits per heavy atom. The minimum absolute atomic E-state index is 0.150. The highest BCUT2D eigenvalue weighted by Gasteiger charge is 2.28. The van der Waals surface area contributed by atoms with Gasteiger partial charge in [-0.05, 0) is 68.5 Å². The van der Waals surface area contributed by atoms with E-state index in [1.807, 2.05) is 4.90 Å². The van der Waals surface area contributed by atoms with Crippen LogP contribution in [0.5, 0.6) is 0 Å². The lowest BCUT2D eigenvalue weighted by Crippen LogP contribution is -2.39. The van der Waals surface area contributed by atoms with E-state index >= 15 is 0 Å². The first-order valence-corrected chi connectivity index (χ1v) is 10.8. The molecule has 2 aromatic carbocycles. The molecule has 0 aliphatic carbocycles. The highest BCUT2D eigenvalue weighted by atomic mass is 19.1. The number of nitrogens with zero attached hydrogens (tertiary/aromatic N) is 2. The van der Waals surface area contributed by atoms with Gasteiger partial charge in [-0.3, -0.25) is 4.79 Å². The Kier molecular flexibility index (Phi) is 6.35. The molecule has 31 heavy (non-hydrogen) atoms. The zero-order valence-corrected chi connectivity index (χ0v) is 18.0. The number of aryl methyl sites for hydroxylation is 3. The topological polar surface area (TPSA) is 58.4 Å². The number of carbonyl (C=O) groups excluding carboxylic acids is 1. The van der Waals surface area contributed by atoms with Crippen LogP contribution in [-0.4, -0.2) is 35.1 Å². The van der Waals surface area contributed by atoms with E-state index in [1.165, 1.54) is 23.3 Å². The molecule has 1 amide bonds. The molecule has 2 heterocycles. The van der Waals surface area contributed by atoms with Crippen LogP contribution in [0, 0.1) is 19.7 Å². The summed E-state index contributed by atoms with van der Waals surface area (Å²) in [5, 5.41) is 7.45. The highest BCUT2D eigenvalue weighted by molar-refractivity contribution is 5.77. The van der Waals surface area contributed by atoms with Crippen LogP contribution in [0.2, 0.25) is 0 Å². The second kappa shape index (κ2) is 9.33. The van der Waals surface area contributed by atoms with E-state index in [0.717, 1.165) is 42.7 Å². The maximum Gasteiger partial charge on any atom is 0.223 e.